The third-order valence-corrected chi connectivity index (χ3v) is 4.30. The Morgan fingerprint density at radius 1 is 1.21 bits per heavy atom. The standard InChI is InChI=1S/C17H22N2/c1-13-9-10-19(12-13)17(11-18)16-8-4-6-14-5-2-3-7-15(14)16/h2-8,13,17H,9-12,18H2,1H3. The minimum Gasteiger partial charge on any atom is -0.329 e. The van der Waals surface area contributed by atoms with Crippen molar-refractivity contribution in [2.24, 2.45) is 11.7 Å². The van der Waals surface area contributed by atoms with Crippen molar-refractivity contribution >= 4 is 10.8 Å². The fourth-order valence-electron chi connectivity index (χ4n) is 3.27. The van der Waals surface area contributed by atoms with Gasteiger partial charge in [-0.25, -0.2) is 0 Å². The molecule has 1 saturated heterocycles. The smallest absolute Gasteiger partial charge is 0.0476 e. The summed E-state index contributed by atoms with van der Waals surface area (Å²) in [5, 5.41) is 2.66. The average Bonchev–Trinajstić information content (AvgIpc) is 2.86. The lowest BCUT2D eigenvalue weighted by Gasteiger charge is -2.28. The van der Waals surface area contributed by atoms with E-state index >= 15 is 0 Å². The summed E-state index contributed by atoms with van der Waals surface area (Å²) in [6.07, 6.45) is 1.29. The van der Waals surface area contributed by atoms with Crippen LogP contribution in [0.2, 0.25) is 0 Å². The quantitative estimate of drug-likeness (QED) is 0.911. The highest BCUT2D eigenvalue weighted by Crippen LogP contribution is 2.31. The Morgan fingerprint density at radius 3 is 2.74 bits per heavy atom. The van der Waals surface area contributed by atoms with Crippen LogP contribution in [0.1, 0.15) is 24.9 Å². The molecule has 2 atom stereocenters. The third kappa shape index (κ3) is 2.38. The van der Waals surface area contributed by atoms with Gasteiger partial charge in [-0.05, 0) is 35.2 Å². The second-order valence-corrected chi connectivity index (χ2v) is 5.71. The van der Waals surface area contributed by atoms with Gasteiger partial charge in [-0.15, -0.1) is 0 Å². The van der Waals surface area contributed by atoms with Crippen LogP contribution >= 0.6 is 0 Å². The Morgan fingerprint density at radius 2 is 2.00 bits per heavy atom. The van der Waals surface area contributed by atoms with Crippen LogP contribution in [-0.4, -0.2) is 24.5 Å². The Labute approximate surface area is 115 Å². The summed E-state index contributed by atoms with van der Waals surface area (Å²) < 4.78 is 0. The molecule has 2 aromatic rings. The van der Waals surface area contributed by atoms with Gasteiger partial charge in [-0.1, -0.05) is 49.4 Å². The fraction of sp³-hybridized carbons (Fsp3) is 0.412. The van der Waals surface area contributed by atoms with Crippen molar-refractivity contribution < 1.29 is 0 Å². The van der Waals surface area contributed by atoms with Crippen LogP contribution in [-0.2, 0) is 0 Å². The minimum absolute atomic E-state index is 0.357. The van der Waals surface area contributed by atoms with E-state index in [0.29, 0.717) is 12.6 Å². The topological polar surface area (TPSA) is 29.3 Å². The SMILES string of the molecule is CC1CCN(C(CN)c2cccc3ccccc23)C1. The molecule has 0 saturated carbocycles. The number of nitrogens with two attached hydrogens (primary N) is 1. The first-order valence-electron chi connectivity index (χ1n) is 7.21. The van der Waals surface area contributed by atoms with E-state index in [4.69, 9.17) is 5.73 Å². The van der Waals surface area contributed by atoms with E-state index in [0.717, 1.165) is 5.92 Å². The molecule has 3 rings (SSSR count). The lowest BCUT2D eigenvalue weighted by atomic mass is 9.98. The van der Waals surface area contributed by atoms with Crippen LogP contribution in [0.15, 0.2) is 42.5 Å². The normalized spacial score (nSPS) is 21.9. The molecule has 100 valence electrons. The number of hydrogen-bond acceptors (Lipinski definition) is 2. The lowest BCUT2D eigenvalue weighted by Crippen LogP contribution is -2.32. The number of rotatable bonds is 3. The Hall–Kier alpha value is -1.38. The molecule has 1 aliphatic rings. The minimum atomic E-state index is 0.357. The summed E-state index contributed by atoms with van der Waals surface area (Å²) in [6, 6.07) is 15.5. The van der Waals surface area contributed by atoms with Gasteiger partial charge < -0.3 is 5.73 Å². The monoisotopic (exact) mass is 254 g/mol. The van der Waals surface area contributed by atoms with Crippen LogP contribution in [0, 0.1) is 5.92 Å². The van der Waals surface area contributed by atoms with E-state index < -0.39 is 0 Å². The van der Waals surface area contributed by atoms with E-state index in [9.17, 15) is 0 Å². The predicted molar refractivity (Wildman–Crippen MR) is 81.1 cm³/mol. The van der Waals surface area contributed by atoms with E-state index in [-0.39, 0.29) is 0 Å². The molecule has 19 heavy (non-hydrogen) atoms. The van der Waals surface area contributed by atoms with E-state index in [1.165, 1.54) is 35.8 Å². The van der Waals surface area contributed by atoms with Crippen molar-refractivity contribution in [2.75, 3.05) is 19.6 Å². The molecule has 0 bridgehead atoms. The fourth-order valence-corrected chi connectivity index (χ4v) is 3.27. The number of likely N-dealkylation sites (tertiary alicyclic amines) is 1. The maximum atomic E-state index is 6.08. The molecular formula is C17H22N2. The molecule has 0 amide bonds. The maximum absolute atomic E-state index is 6.08. The zero-order chi connectivity index (χ0) is 13.2. The molecule has 0 radical (unpaired) electrons. The van der Waals surface area contributed by atoms with Gasteiger partial charge in [0.1, 0.15) is 0 Å². The summed E-state index contributed by atoms with van der Waals surface area (Å²) >= 11 is 0. The summed E-state index contributed by atoms with van der Waals surface area (Å²) in [6.45, 7) is 5.37. The number of benzene rings is 2. The molecule has 0 aliphatic carbocycles. The average molecular weight is 254 g/mol. The van der Waals surface area contributed by atoms with Gasteiger partial charge >= 0.3 is 0 Å². The van der Waals surface area contributed by atoms with Crippen LogP contribution in [0.4, 0.5) is 0 Å². The van der Waals surface area contributed by atoms with Gasteiger partial charge in [0, 0.05) is 19.1 Å². The van der Waals surface area contributed by atoms with E-state index in [2.05, 4.69) is 54.3 Å². The highest BCUT2D eigenvalue weighted by Gasteiger charge is 2.26. The number of nitrogens with zero attached hydrogens (tertiary/aromatic N) is 1. The first kappa shape index (κ1) is 12.6. The summed E-state index contributed by atoms with van der Waals surface area (Å²) in [7, 11) is 0. The lowest BCUT2D eigenvalue weighted by molar-refractivity contribution is 0.245. The molecule has 1 fully saturated rings. The van der Waals surface area contributed by atoms with Gasteiger partial charge in [0.25, 0.3) is 0 Å². The third-order valence-electron chi connectivity index (χ3n) is 4.30. The Balaban J connectivity index is 2.01. The summed E-state index contributed by atoms with van der Waals surface area (Å²) in [4.78, 5) is 2.55. The molecule has 0 aromatic heterocycles. The maximum Gasteiger partial charge on any atom is 0.0476 e. The second kappa shape index (κ2) is 5.32. The molecular weight excluding hydrogens is 232 g/mol. The number of fused-ring (bicyclic) bond motifs is 1. The first-order chi connectivity index (χ1) is 9.29. The van der Waals surface area contributed by atoms with Crippen molar-refractivity contribution in [3.63, 3.8) is 0 Å². The van der Waals surface area contributed by atoms with Crippen LogP contribution < -0.4 is 5.73 Å². The van der Waals surface area contributed by atoms with Gasteiger partial charge in [0.2, 0.25) is 0 Å². The van der Waals surface area contributed by atoms with E-state index in [1.807, 2.05) is 0 Å². The largest absolute Gasteiger partial charge is 0.329 e. The molecule has 2 heteroatoms. The van der Waals surface area contributed by atoms with Gasteiger partial charge in [0.05, 0.1) is 0 Å². The Bertz CT molecular complexity index is 559. The van der Waals surface area contributed by atoms with Gasteiger partial charge in [-0.2, -0.15) is 0 Å². The predicted octanol–water partition coefficient (Wildman–Crippen LogP) is 3.18. The van der Waals surface area contributed by atoms with Crippen molar-refractivity contribution in [3.05, 3.63) is 48.0 Å². The second-order valence-electron chi connectivity index (χ2n) is 5.71. The Kier molecular flexibility index (Phi) is 3.54. The van der Waals surface area contributed by atoms with Crippen LogP contribution in [0.3, 0.4) is 0 Å². The highest BCUT2D eigenvalue weighted by atomic mass is 15.2. The molecule has 2 N–H and O–H groups in total. The first-order valence-corrected chi connectivity index (χ1v) is 7.21. The molecule has 0 spiro atoms. The zero-order valence-corrected chi connectivity index (χ0v) is 11.5. The highest BCUT2D eigenvalue weighted by molar-refractivity contribution is 5.86. The van der Waals surface area contributed by atoms with Gasteiger partial charge in [0.15, 0.2) is 0 Å². The molecule has 2 unspecified atom stereocenters. The van der Waals surface area contributed by atoms with Crippen molar-refractivity contribution in [2.45, 2.75) is 19.4 Å². The van der Waals surface area contributed by atoms with Crippen LogP contribution in [0.5, 0.6) is 0 Å². The molecule has 1 heterocycles. The van der Waals surface area contributed by atoms with E-state index in [1.54, 1.807) is 0 Å². The molecule has 2 nitrogen and oxygen atoms in total. The zero-order valence-electron chi connectivity index (χ0n) is 11.5. The molecule has 2 aromatic carbocycles. The molecule has 1 aliphatic heterocycles. The van der Waals surface area contributed by atoms with Crippen LogP contribution in [0.25, 0.3) is 10.8 Å². The summed E-state index contributed by atoms with van der Waals surface area (Å²) in [5.74, 6) is 0.795. The number of hydrogen-bond donors (Lipinski definition) is 1. The van der Waals surface area contributed by atoms with Crippen molar-refractivity contribution in [1.29, 1.82) is 0 Å². The summed E-state index contributed by atoms with van der Waals surface area (Å²) in [5.41, 5.74) is 7.46. The van der Waals surface area contributed by atoms with Gasteiger partial charge in [-0.3, -0.25) is 4.90 Å². The van der Waals surface area contributed by atoms with Crippen molar-refractivity contribution in [1.82, 2.24) is 4.90 Å². The van der Waals surface area contributed by atoms with Crippen molar-refractivity contribution in [3.8, 4) is 0 Å².